The first-order chi connectivity index (χ1) is 9.15. The Balaban J connectivity index is 2.09. The fourth-order valence-electron chi connectivity index (χ4n) is 2.62. The second-order valence-corrected chi connectivity index (χ2v) is 5.85. The van der Waals surface area contributed by atoms with Crippen LogP contribution in [0.25, 0.3) is 0 Å². The molecule has 1 aliphatic rings. The van der Waals surface area contributed by atoms with E-state index in [1.165, 1.54) is 6.42 Å². The second-order valence-electron chi connectivity index (χ2n) is 5.85. The number of methoxy groups -OCH3 is 1. The van der Waals surface area contributed by atoms with E-state index in [-0.39, 0.29) is 12.1 Å². The molecule has 0 radical (unpaired) electrons. The van der Waals surface area contributed by atoms with E-state index in [0.29, 0.717) is 13.2 Å². The Kier molecular flexibility index (Phi) is 8.62. The molecule has 0 amide bonds. The molecular formula is C15H31NO3. The number of nitrogens with two attached hydrogens (primary N) is 1. The summed E-state index contributed by atoms with van der Waals surface area (Å²) >= 11 is 0. The molecule has 1 rings (SSSR count). The Morgan fingerprint density at radius 3 is 2.58 bits per heavy atom. The van der Waals surface area contributed by atoms with Gasteiger partial charge in [0.1, 0.15) is 0 Å². The van der Waals surface area contributed by atoms with Crippen LogP contribution in [0, 0.1) is 11.8 Å². The van der Waals surface area contributed by atoms with E-state index in [0.717, 1.165) is 44.3 Å². The van der Waals surface area contributed by atoms with Gasteiger partial charge in [0.2, 0.25) is 0 Å². The van der Waals surface area contributed by atoms with Crippen molar-refractivity contribution in [1.29, 1.82) is 0 Å². The van der Waals surface area contributed by atoms with Crippen LogP contribution >= 0.6 is 0 Å². The average molecular weight is 273 g/mol. The lowest BCUT2D eigenvalue weighted by atomic mass is 9.78. The van der Waals surface area contributed by atoms with Gasteiger partial charge in [0.05, 0.1) is 19.3 Å². The Labute approximate surface area is 118 Å². The molecule has 0 aliphatic heterocycles. The lowest BCUT2D eigenvalue weighted by molar-refractivity contribution is -0.0182. The summed E-state index contributed by atoms with van der Waals surface area (Å²) in [5, 5.41) is 0. The smallest absolute Gasteiger partial charge is 0.0728 e. The molecule has 1 aliphatic carbocycles. The number of ether oxygens (including phenoxy) is 3. The molecule has 0 aromatic carbocycles. The van der Waals surface area contributed by atoms with Crippen LogP contribution in [0.5, 0.6) is 0 Å². The van der Waals surface area contributed by atoms with Gasteiger partial charge in [0, 0.05) is 26.4 Å². The molecule has 19 heavy (non-hydrogen) atoms. The maximum atomic E-state index is 6.15. The zero-order chi connectivity index (χ0) is 14.1. The van der Waals surface area contributed by atoms with Gasteiger partial charge in [0.25, 0.3) is 0 Å². The molecule has 0 spiro atoms. The highest BCUT2D eigenvalue weighted by atomic mass is 16.5. The Hall–Kier alpha value is -0.160. The predicted octanol–water partition coefficient (Wildman–Crippen LogP) is 2.21. The topological polar surface area (TPSA) is 53.7 Å². The van der Waals surface area contributed by atoms with Crippen molar-refractivity contribution in [2.24, 2.45) is 17.6 Å². The third-order valence-electron chi connectivity index (χ3n) is 4.02. The molecule has 0 aromatic rings. The third kappa shape index (κ3) is 6.70. The van der Waals surface area contributed by atoms with Crippen LogP contribution in [-0.4, -0.2) is 45.7 Å². The van der Waals surface area contributed by atoms with Crippen LogP contribution in [0.1, 0.15) is 39.5 Å². The predicted molar refractivity (Wildman–Crippen MR) is 77.2 cm³/mol. The minimum absolute atomic E-state index is 0.212. The van der Waals surface area contributed by atoms with Crippen molar-refractivity contribution in [2.75, 3.05) is 33.5 Å². The number of hydrogen-bond donors (Lipinski definition) is 1. The Morgan fingerprint density at radius 2 is 1.89 bits per heavy atom. The van der Waals surface area contributed by atoms with Crippen LogP contribution in [0.2, 0.25) is 0 Å². The molecule has 114 valence electrons. The summed E-state index contributed by atoms with van der Waals surface area (Å²) < 4.78 is 16.3. The van der Waals surface area contributed by atoms with E-state index in [2.05, 4.69) is 13.8 Å². The highest BCUT2D eigenvalue weighted by Crippen LogP contribution is 2.30. The molecule has 1 saturated carbocycles. The van der Waals surface area contributed by atoms with Crippen LogP contribution in [0.15, 0.2) is 0 Å². The van der Waals surface area contributed by atoms with Gasteiger partial charge in [-0.15, -0.1) is 0 Å². The van der Waals surface area contributed by atoms with Crippen LogP contribution in [-0.2, 0) is 14.2 Å². The fourth-order valence-corrected chi connectivity index (χ4v) is 2.62. The SMILES string of the molecule is COCCOCCCOC1CC(C(C)C)CCC1N. The van der Waals surface area contributed by atoms with Gasteiger partial charge in [-0.2, -0.15) is 0 Å². The second kappa shape index (κ2) is 9.70. The fraction of sp³-hybridized carbons (Fsp3) is 1.00. The molecule has 0 heterocycles. The molecule has 4 heteroatoms. The van der Waals surface area contributed by atoms with Crippen LogP contribution in [0.3, 0.4) is 0 Å². The van der Waals surface area contributed by atoms with Crippen molar-refractivity contribution < 1.29 is 14.2 Å². The van der Waals surface area contributed by atoms with Gasteiger partial charge < -0.3 is 19.9 Å². The minimum atomic E-state index is 0.212. The van der Waals surface area contributed by atoms with Gasteiger partial charge >= 0.3 is 0 Å². The van der Waals surface area contributed by atoms with Gasteiger partial charge in [-0.1, -0.05) is 13.8 Å². The van der Waals surface area contributed by atoms with Crippen LogP contribution < -0.4 is 5.73 Å². The van der Waals surface area contributed by atoms with E-state index in [9.17, 15) is 0 Å². The van der Waals surface area contributed by atoms with Crippen molar-refractivity contribution in [3.8, 4) is 0 Å². The summed E-state index contributed by atoms with van der Waals surface area (Å²) in [7, 11) is 1.68. The molecule has 1 fully saturated rings. The normalized spacial score (nSPS) is 27.9. The van der Waals surface area contributed by atoms with Gasteiger partial charge in [-0.3, -0.25) is 0 Å². The summed E-state index contributed by atoms with van der Waals surface area (Å²) in [6.45, 7) is 7.39. The highest BCUT2D eigenvalue weighted by Gasteiger charge is 2.30. The zero-order valence-electron chi connectivity index (χ0n) is 12.8. The molecule has 0 aromatic heterocycles. The first-order valence-corrected chi connectivity index (χ1v) is 7.59. The maximum absolute atomic E-state index is 6.15. The van der Waals surface area contributed by atoms with Gasteiger partial charge in [-0.25, -0.2) is 0 Å². The molecule has 3 unspecified atom stereocenters. The number of rotatable bonds is 9. The first kappa shape index (κ1) is 16.9. The standard InChI is InChI=1S/C15H31NO3/c1-12(2)13-5-6-14(16)15(11-13)19-8-4-7-18-10-9-17-3/h12-15H,4-11,16H2,1-3H3. The molecular weight excluding hydrogens is 242 g/mol. The molecule has 3 atom stereocenters. The van der Waals surface area contributed by atoms with Crippen molar-refractivity contribution in [1.82, 2.24) is 0 Å². The Morgan fingerprint density at radius 1 is 1.11 bits per heavy atom. The lowest BCUT2D eigenvalue weighted by Gasteiger charge is -2.35. The molecule has 2 N–H and O–H groups in total. The van der Waals surface area contributed by atoms with E-state index in [1.54, 1.807) is 7.11 Å². The van der Waals surface area contributed by atoms with Crippen molar-refractivity contribution in [3.05, 3.63) is 0 Å². The van der Waals surface area contributed by atoms with Crippen molar-refractivity contribution in [2.45, 2.75) is 51.7 Å². The lowest BCUT2D eigenvalue weighted by Crippen LogP contribution is -2.43. The zero-order valence-corrected chi connectivity index (χ0v) is 12.8. The molecule has 0 saturated heterocycles. The minimum Gasteiger partial charge on any atom is -0.382 e. The summed E-state index contributed by atoms with van der Waals surface area (Å²) in [5.74, 6) is 1.50. The van der Waals surface area contributed by atoms with Crippen LogP contribution in [0.4, 0.5) is 0 Å². The summed E-state index contributed by atoms with van der Waals surface area (Å²) in [6.07, 6.45) is 4.62. The highest BCUT2D eigenvalue weighted by molar-refractivity contribution is 4.84. The number of hydrogen-bond acceptors (Lipinski definition) is 4. The van der Waals surface area contributed by atoms with E-state index in [1.807, 2.05) is 0 Å². The quantitative estimate of drug-likeness (QED) is 0.654. The summed E-state index contributed by atoms with van der Waals surface area (Å²) in [5.41, 5.74) is 6.15. The molecule has 4 nitrogen and oxygen atoms in total. The monoisotopic (exact) mass is 273 g/mol. The molecule has 0 bridgehead atoms. The third-order valence-corrected chi connectivity index (χ3v) is 4.02. The van der Waals surface area contributed by atoms with Gasteiger partial charge in [0.15, 0.2) is 0 Å². The summed E-state index contributed by atoms with van der Waals surface area (Å²) in [4.78, 5) is 0. The van der Waals surface area contributed by atoms with E-state index < -0.39 is 0 Å². The van der Waals surface area contributed by atoms with E-state index >= 15 is 0 Å². The average Bonchev–Trinajstić information content (AvgIpc) is 2.39. The van der Waals surface area contributed by atoms with Gasteiger partial charge in [-0.05, 0) is 37.5 Å². The first-order valence-electron chi connectivity index (χ1n) is 7.59. The Bertz CT molecular complexity index is 223. The van der Waals surface area contributed by atoms with E-state index in [4.69, 9.17) is 19.9 Å². The maximum Gasteiger partial charge on any atom is 0.0728 e. The van der Waals surface area contributed by atoms with Crippen molar-refractivity contribution >= 4 is 0 Å². The summed E-state index contributed by atoms with van der Waals surface area (Å²) in [6, 6.07) is 0.212. The largest absolute Gasteiger partial charge is 0.382 e. The van der Waals surface area contributed by atoms with Crippen molar-refractivity contribution in [3.63, 3.8) is 0 Å².